The highest BCUT2D eigenvalue weighted by molar-refractivity contribution is 7.91. The predicted molar refractivity (Wildman–Crippen MR) is 95.7 cm³/mol. The summed E-state index contributed by atoms with van der Waals surface area (Å²) in [6.45, 7) is 0. The van der Waals surface area contributed by atoms with Crippen molar-refractivity contribution >= 4 is 43.8 Å². The van der Waals surface area contributed by atoms with E-state index >= 15 is 0 Å². The molecule has 2 amide bonds. The highest BCUT2D eigenvalue weighted by atomic mass is 32.2. The third-order valence-electron chi connectivity index (χ3n) is 4.99. The molecule has 3 aliphatic rings. The van der Waals surface area contributed by atoms with Crippen molar-refractivity contribution in [2.24, 2.45) is 5.10 Å². The Bertz CT molecular complexity index is 874. The highest BCUT2D eigenvalue weighted by Crippen LogP contribution is 2.38. The van der Waals surface area contributed by atoms with Gasteiger partial charge in [0, 0.05) is 18.8 Å². The van der Waals surface area contributed by atoms with E-state index in [1.165, 1.54) is 22.8 Å². The molecule has 3 heterocycles. The fourth-order valence-electron chi connectivity index (χ4n) is 3.26. The molecular weight excluding hydrogens is 378 g/mol. The lowest BCUT2D eigenvalue weighted by Crippen LogP contribution is -2.42. The molecule has 1 aromatic rings. The maximum atomic E-state index is 12.5. The number of nitrogens with zero attached hydrogens (tertiary/aromatic N) is 4. The maximum absolute atomic E-state index is 12.5. The third-order valence-corrected chi connectivity index (χ3v) is 7.74. The van der Waals surface area contributed by atoms with Gasteiger partial charge in [0.2, 0.25) is 11.0 Å². The molecule has 0 bridgehead atoms. The van der Waals surface area contributed by atoms with Gasteiger partial charge in [0.05, 0.1) is 17.5 Å². The van der Waals surface area contributed by atoms with E-state index in [2.05, 4.69) is 20.6 Å². The summed E-state index contributed by atoms with van der Waals surface area (Å²) >= 11 is 1.37. The summed E-state index contributed by atoms with van der Waals surface area (Å²) in [4.78, 5) is 24.6. The highest BCUT2D eigenvalue weighted by Gasteiger charge is 2.37. The number of amides is 2. The molecule has 1 aliphatic carbocycles. The van der Waals surface area contributed by atoms with Crippen LogP contribution >= 0.6 is 11.3 Å². The Morgan fingerprint density at radius 2 is 2.00 bits per heavy atom. The van der Waals surface area contributed by atoms with E-state index < -0.39 is 21.8 Å². The molecule has 0 spiro atoms. The van der Waals surface area contributed by atoms with Crippen molar-refractivity contribution in [3.05, 3.63) is 5.01 Å². The first-order valence-corrected chi connectivity index (χ1v) is 11.3. The predicted octanol–water partition coefficient (Wildman–Crippen LogP) is 0.910. The number of anilines is 1. The van der Waals surface area contributed by atoms with E-state index in [-0.39, 0.29) is 36.0 Å². The first-order chi connectivity index (χ1) is 12.4. The number of hydrogen-bond donors (Lipinski definition) is 1. The molecule has 0 aromatic carbocycles. The van der Waals surface area contributed by atoms with Gasteiger partial charge < -0.3 is 0 Å². The maximum Gasteiger partial charge on any atom is 0.273 e. The second-order valence-electron chi connectivity index (χ2n) is 6.87. The Kier molecular flexibility index (Phi) is 4.51. The van der Waals surface area contributed by atoms with Gasteiger partial charge in [0.1, 0.15) is 10.7 Å². The van der Waals surface area contributed by atoms with Gasteiger partial charge in [0.15, 0.2) is 9.84 Å². The summed E-state index contributed by atoms with van der Waals surface area (Å²) in [5.74, 6) is -0.264. The molecule has 4 rings (SSSR count). The van der Waals surface area contributed by atoms with Crippen molar-refractivity contribution in [2.75, 3.05) is 16.8 Å². The zero-order valence-electron chi connectivity index (χ0n) is 14.0. The van der Waals surface area contributed by atoms with Gasteiger partial charge in [-0.1, -0.05) is 17.8 Å². The number of sulfone groups is 1. The molecule has 2 fully saturated rings. The number of hydrazone groups is 1. The lowest BCUT2D eigenvalue weighted by atomic mass is 9.86. The first-order valence-electron chi connectivity index (χ1n) is 8.66. The number of nitrogens with one attached hydrogen (secondary N) is 1. The van der Waals surface area contributed by atoms with E-state index in [9.17, 15) is 18.0 Å². The fourth-order valence-corrected chi connectivity index (χ4v) is 5.86. The Hall–Kier alpha value is -1.88. The van der Waals surface area contributed by atoms with Crippen LogP contribution in [0, 0.1) is 0 Å². The first kappa shape index (κ1) is 17.5. The van der Waals surface area contributed by atoms with E-state index in [1.54, 1.807) is 0 Å². The molecule has 1 saturated carbocycles. The summed E-state index contributed by atoms with van der Waals surface area (Å²) < 4.78 is 23.3. The normalized spacial score (nSPS) is 25.7. The number of rotatable bonds is 4. The van der Waals surface area contributed by atoms with Crippen molar-refractivity contribution in [2.45, 2.75) is 50.5 Å². The van der Waals surface area contributed by atoms with Gasteiger partial charge >= 0.3 is 0 Å². The minimum absolute atomic E-state index is 0.0488. The number of aromatic nitrogens is 2. The molecule has 1 atom stereocenters. The zero-order valence-corrected chi connectivity index (χ0v) is 15.7. The smallest absolute Gasteiger partial charge is 0.273 e. The number of hydrogen-bond acceptors (Lipinski definition) is 8. The summed E-state index contributed by atoms with van der Waals surface area (Å²) in [5, 5.41) is 17.5. The summed E-state index contributed by atoms with van der Waals surface area (Å²) in [6, 6.07) is -0.484. The van der Waals surface area contributed by atoms with Crippen LogP contribution in [0.2, 0.25) is 0 Å². The van der Waals surface area contributed by atoms with E-state index in [1.807, 2.05) is 0 Å². The Morgan fingerprint density at radius 1 is 1.19 bits per heavy atom. The van der Waals surface area contributed by atoms with Crippen LogP contribution in [0.25, 0.3) is 0 Å². The Labute approximate surface area is 154 Å². The van der Waals surface area contributed by atoms with Crippen molar-refractivity contribution in [1.29, 1.82) is 0 Å². The molecule has 0 radical (unpaired) electrons. The molecule has 9 nitrogen and oxygen atoms in total. The molecule has 2 aliphatic heterocycles. The average Bonchev–Trinajstić information content (AvgIpc) is 3.12. The van der Waals surface area contributed by atoms with Gasteiger partial charge in [-0.3, -0.25) is 14.9 Å². The van der Waals surface area contributed by atoms with Crippen molar-refractivity contribution in [3.63, 3.8) is 0 Å². The number of carbonyl (C=O) groups is 2. The topological polar surface area (TPSA) is 122 Å². The van der Waals surface area contributed by atoms with Crippen LogP contribution in [-0.2, 0) is 19.4 Å². The quantitative estimate of drug-likeness (QED) is 0.806. The SMILES string of the molecule is O=C(Nc1nnc(C2CCC2)s1)C1=NN(C2CCS(=O)(=O)C2)C(=O)CC1. The molecule has 1 aromatic heterocycles. The van der Waals surface area contributed by atoms with Gasteiger partial charge in [-0.2, -0.15) is 5.10 Å². The van der Waals surface area contributed by atoms with Crippen LogP contribution in [-0.4, -0.2) is 58.7 Å². The fraction of sp³-hybridized carbons (Fsp3) is 0.667. The van der Waals surface area contributed by atoms with Gasteiger partial charge in [-0.05, 0) is 19.3 Å². The minimum Gasteiger partial charge on any atom is -0.295 e. The van der Waals surface area contributed by atoms with Crippen LogP contribution in [0.1, 0.15) is 49.5 Å². The summed E-state index contributed by atoms with van der Waals surface area (Å²) in [5.41, 5.74) is 0.217. The van der Waals surface area contributed by atoms with Crippen molar-refractivity contribution < 1.29 is 18.0 Å². The molecule has 140 valence electrons. The van der Waals surface area contributed by atoms with Gasteiger partial charge in [-0.15, -0.1) is 10.2 Å². The standard InChI is InChI=1S/C15H19N5O4S2/c21-12-5-4-11(19-20(12)10-6-7-26(23,24)8-10)13(22)16-15-18-17-14(25-15)9-2-1-3-9/h9-10H,1-8H2,(H,16,18,22). The Balaban J connectivity index is 1.45. The molecule has 1 N–H and O–H groups in total. The van der Waals surface area contributed by atoms with Crippen LogP contribution < -0.4 is 5.32 Å². The molecule has 26 heavy (non-hydrogen) atoms. The summed E-state index contributed by atoms with van der Waals surface area (Å²) in [7, 11) is -3.14. The zero-order chi connectivity index (χ0) is 18.3. The number of carbonyl (C=O) groups excluding carboxylic acids is 2. The van der Waals surface area contributed by atoms with Crippen LogP contribution in [0.4, 0.5) is 5.13 Å². The second kappa shape index (κ2) is 6.69. The largest absolute Gasteiger partial charge is 0.295 e. The molecular formula is C15H19N5O4S2. The van der Waals surface area contributed by atoms with Crippen LogP contribution in [0.5, 0.6) is 0 Å². The van der Waals surface area contributed by atoms with E-state index in [4.69, 9.17) is 0 Å². The lowest BCUT2D eigenvalue weighted by molar-refractivity contribution is -0.133. The van der Waals surface area contributed by atoms with Crippen molar-refractivity contribution in [3.8, 4) is 0 Å². The molecule has 1 saturated heterocycles. The molecule has 1 unspecified atom stereocenters. The van der Waals surface area contributed by atoms with Gasteiger partial charge in [0.25, 0.3) is 5.91 Å². The third kappa shape index (κ3) is 3.50. The molecule has 11 heteroatoms. The second-order valence-corrected chi connectivity index (χ2v) is 10.1. The van der Waals surface area contributed by atoms with E-state index in [0.29, 0.717) is 17.5 Å². The lowest BCUT2D eigenvalue weighted by Gasteiger charge is -2.27. The minimum atomic E-state index is -3.14. The average molecular weight is 397 g/mol. The Morgan fingerprint density at radius 3 is 2.65 bits per heavy atom. The van der Waals surface area contributed by atoms with Crippen LogP contribution in [0.15, 0.2) is 5.10 Å². The van der Waals surface area contributed by atoms with E-state index in [0.717, 1.165) is 17.8 Å². The monoisotopic (exact) mass is 397 g/mol. The van der Waals surface area contributed by atoms with Crippen molar-refractivity contribution in [1.82, 2.24) is 15.2 Å². The summed E-state index contributed by atoms with van der Waals surface area (Å²) in [6.07, 6.45) is 4.14. The van der Waals surface area contributed by atoms with Gasteiger partial charge in [-0.25, -0.2) is 13.4 Å². The van der Waals surface area contributed by atoms with Crippen LogP contribution in [0.3, 0.4) is 0 Å².